The first-order valence-corrected chi connectivity index (χ1v) is 7.65. The number of nitrogens with two attached hydrogens (primary N) is 1. The Kier molecular flexibility index (Phi) is 4.04. The van der Waals surface area contributed by atoms with Gasteiger partial charge in [0.2, 0.25) is 0 Å². The Balaban J connectivity index is 1.81. The Morgan fingerprint density at radius 3 is 2.87 bits per heavy atom. The molecule has 1 fully saturated rings. The van der Waals surface area contributed by atoms with Crippen molar-refractivity contribution in [3.63, 3.8) is 0 Å². The third kappa shape index (κ3) is 3.19. The lowest BCUT2D eigenvalue weighted by Gasteiger charge is -2.19. The maximum Gasteiger partial charge on any atom is 0.252 e. The van der Waals surface area contributed by atoms with E-state index in [9.17, 15) is 9.90 Å². The zero-order valence-corrected chi connectivity index (χ0v) is 13.3. The lowest BCUT2D eigenvalue weighted by molar-refractivity contribution is 0.100. The Bertz CT molecular complexity index is 727. The molecule has 3 heterocycles. The molecule has 2 aromatic heterocycles. The number of aromatic amines is 1. The second-order valence-corrected chi connectivity index (χ2v) is 6.17. The Morgan fingerprint density at radius 2 is 2.22 bits per heavy atom. The van der Waals surface area contributed by atoms with E-state index < -0.39 is 12.0 Å². The van der Waals surface area contributed by atoms with E-state index in [2.05, 4.69) is 15.2 Å². The number of nitrogens with one attached hydrogen (secondary N) is 1. The average Bonchev–Trinajstić information content (AvgIpc) is 3.05. The molecule has 1 saturated heterocycles. The number of aryl methyl sites for hydroxylation is 2. The number of amides is 1. The van der Waals surface area contributed by atoms with Crippen molar-refractivity contribution in [2.75, 3.05) is 18.0 Å². The lowest BCUT2D eigenvalue weighted by atomic mass is 10.0. The van der Waals surface area contributed by atoms with Gasteiger partial charge in [0.15, 0.2) is 0 Å². The summed E-state index contributed by atoms with van der Waals surface area (Å²) in [6, 6.07) is 5.44. The molecule has 0 saturated carbocycles. The fourth-order valence-corrected chi connectivity index (χ4v) is 3.05. The topological polar surface area (TPSA) is 108 Å². The number of hydrogen-bond acceptors (Lipinski definition) is 5. The highest BCUT2D eigenvalue weighted by Gasteiger charge is 2.34. The van der Waals surface area contributed by atoms with Crippen molar-refractivity contribution in [2.45, 2.75) is 26.4 Å². The minimum atomic E-state index is -0.506. The van der Waals surface area contributed by atoms with Crippen molar-refractivity contribution in [2.24, 2.45) is 11.7 Å². The van der Waals surface area contributed by atoms with Crippen LogP contribution in [-0.2, 0) is 6.42 Å². The maximum absolute atomic E-state index is 11.6. The van der Waals surface area contributed by atoms with Gasteiger partial charge in [-0.3, -0.25) is 9.89 Å². The predicted octanol–water partition coefficient (Wildman–Crippen LogP) is 0.560. The minimum absolute atomic E-state index is 0.0424. The average molecular weight is 315 g/mol. The fraction of sp³-hybridized carbons (Fsp3) is 0.438. The quantitative estimate of drug-likeness (QED) is 0.764. The van der Waals surface area contributed by atoms with Crippen molar-refractivity contribution in [3.05, 3.63) is 40.8 Å². The molecule has 0 aliphatic carbocycles. The molecule has 0 spiro atoms. The molecule has 2 atom stereocenters. The van der Waals surface area contributed by atoms with Gasteiger partial charge in [0.25, 0.3) is 5.91 Å². The zero-order chi connectivity index (χ0) is 16.6. The van der Waals surface area contributed by atoms with Crippen LogP contribution in [0.15, 0.2) is 18.2 Å². The van der Waals surface area contributed by atoms with E-state index in [4.69, 9.17) is 5.73 Å². The van der Waals surface area contributed by atoms with Crippen LogP contribution in [0.4, 0.5) is 5.82 Å². The zero-order valence-electron chi connectivity index (χ0n) is 13.3. The van der Waals surface area contributed by atoms with Gasteiger partial charge >= 0.3 is 0 Å². The van der Waals surface area contributed by atoms with Crippen LogP contribution >= 0.6 is 0 Å². The van der Waals surface area contributed by atoms with Gasteiger partial charge in [-0.15, -0.1) is 0 Å². The van der Waals surface area contributed by atoms with Gasteiger partial charge in [0.1, 0.15) is 5.82 Å². The molecular weight excluding hydrogens is 294 g/mol. The fourth-order valence-electron chi connectivity index (χ4n) is 3.05. The number of carbonyl (C=O) groups is 1. The summed E-state index contributed by atoms with van der Waals surface area (Å²) in [6.07, 6.45) is 0.190. The van der Waals surface area contributed by atoms with Crippen LogP contribution in [0.25, 0.3) is 0 Å². The number of hydrogen-bond donors (Lipinski definition) is 3. The predicted molar refractivity (Wildman–Crippen MR) is 86.2 cm³/mol. The SMILES string of the molecule is Cc1ccc(C(N)=O)c(N2C[C@@H](Cc3cc(C)[nH]n3)[C@H](O)C2)n1. The summed E-state index contributed by atoms with van der Waals surface area (Å²) in [4.78, 5) is 18.0. The molecule has 1 aliphatic rings. The molecule has 122 valence electrons. The van der Waals surface area contributed by atoms with E-state index in [0.717, 1.165) is 17.1 Å². The number of aliphatic hydroxyl groups is 1. The van der Waals surface area contributed by atoms with E-state index in [1.165, 1.54) is 0 Å². The number of nitrogens with zero attached hydrogens (tertiary/aromatic N) is 3. The number of rotatable bonds is 4. The summed E-state index contributed by atoms with van der Waals surface area (Å²) in [5.41, 5.74) is 8.58. The van der Waals surface area contributed by atoms with Crippen LogP contribution in [0.5, 0.6) is 0 Å². The van der Waals surface area contributed by atoms with Gasteiger partial charge in [-0.2, -0.15) is 5.10 Å². The number of pyridine rings is 1. The van der Waals surface area contributed by atoms with Crippen LogP contribution in [0.2, 0.25) is 0 Å². The van der Waals surface area contributed by atoms with E-state index in [1.54, 1.807) is 12.1 Å². The summed E-state index contributed by atoms with van der Waals surface area (Å²) < 4.78 is 0. The standard InChI is InChI=1S/C16H21N5O2/c1-9-3-4-13(15(17)23)16(18-9)21-7-11(14(22)8-21)6-12-5-10(2)19-20-12/h3-5,11,14,22H,6-8H2,1-2H3,(H2,17,23)(H,19,20)/t11-,14-/m1/s1. The highest BCUT2D eigenvalue weighted by Crippen LogP contribution is 2.27. The molecule has 1 amide bonds. The number of β-amino-alcohol motifs (C(OH)–C–C–N with tert-alkyl or cyclic N) is 1. The van der Waals surface area contributed by atoms with Crippen LogP contribution in [-0.4, -0.2) is 45.4 Å². The molecule has 0 radical (unpaired) electrons. The Morgan fingerprint density at radius 1 is 1.43 bits per heavy atom. The van der Waals surface area contributed by atoms with Crippen molar-refractivity contribution < 1.29 is 9.90 Å². The van der Waals surface area contributed by atoms with Crippen LogP contribution in [0.1, 0.15) is 27.4 Å². The highest BCUT2D eigenvalue weighted by molar-refractivity contribution is 5.97. The number of primary amides is 1. The number of anilines is 1. The van der Waals surface area contributed by atoms with Crippen molar-refractivity contribution in [1.82, 2.24) is 15.2 Å². The van der Waals surface area contributed by atoms with E-state index in [1.807, 2.05) is 24.8 Å². The summed E-state index contributed by atoms with van der Waals surface area (Å²) >= 11 is 0. The van der Waals surface area contributed by atoms with Crippen LogP contribution in [0, 0.1) is 19.8 Å². The van der Waals surface area contributed by atoms with Gasteiger partial charge in [0, 0.05) is 30.4 Å². The molecule has 23 heavy (non-hydrogen) atoms. The second kappa shape index (κ2) is 6.00. The Hall–Kier alpha value is -2.41. The molecule has 3 rings (SSSR count). The Labute approximate surface area is 134 Å². The minimum Gasteiger partial charge on any atom is -0.391 e. The molecule has 0 bridgehead atoms. The monoisotopic (exact) mass is 315 g/mol. The maximum atomic E-state index is 11.6. The summed E-state index contributed by atoms with van der Waals surface area (Å²) in [5.74, 6) is 0.0892. The van der Waals surface area contributed by atoms with E-state index in [0.29, 0.717) is 30.9 Å². The van der Waals surface area contributed by atoms with E-state index >= 15 is 0 Å². The molecule has 4 N–H and O–H groups in total. The van der Waals surface area contributed by atoms with Gasteiger partial charge in [-0.25, -0.2) is 4.98 Å². The number of carbonyl (C=O) groups excluding carboxylic acids is 1. The van der Waals surface area contributed by atoms with Crippen molar-refractivity contribution in [3.8, 4) is 0 Å². The first-order chi connectivity index (χ1) is 10.9. The number of aromatic nitrogens is 3. The molecular formula is C16H21N5O2. The van der Waals surface area contributed by atoms with Gasteiger partial charge in [-0.05, 0) is 38.5 Å². The summed E-state index contributed by atoms with van der Waals surface area (Å²) in [5, 5.41) is 17.5. The van der Waals surface area contributed by atoms with Crippen molar-refractivity contribution in [1.29, 1.82) is 0 Å². The molecule has 2 aromatic rings. The third-order valence-electron chi connectivity index (χ3n) is 4.22. The first kappa shape index (κ1) is 15.5. The smallest absolute Gasteiger partial charge is 0.252 e. The summed E-state index contributed by atoms with van der Waals surface area (Å²) in [7, 11) is 0. The first-order valence-electron chi connectivity index (χ1n) is 7.65. The molecule has 1 aliphatic heterocycles. The summed E-state index contributed by atoms with van der Waals surface area (Å²) in [6.45, 7) is 4.86. The highest BCUT2D eigenvalue weighted by atomic mass is 16.3. The van der Waals surface area contributed by atoms with Crippen LogP contribution < -0.4 is 10.6 Å². The third-order valence-corrected chi connectivity index (χ3v) is 4.22. The lowest BCUT2D eigenvalue weighted by Crippen LogP contribution is -2.26. The number of H-pyrrole nitrogens is 1. The normalized spacial score (nSPS) is 20.9. The van der Waals surface area contributed by atoms with Gasteiger partial charge in [-0.1, -0.05) is 0 Å². The van der Waals surface area contributed by atoms with Gasteiger partial charge < -0.3 is 15.7 Å². The molecule has 7 heteroatoms. The molecule has 0 unspecified atom stereocenters. The molecule has 0 aromatic carbocycles. The number of aliphatic hydroxyl groups excluding tert-OH is 1. The van der Waals surface area contributed by atoms with Crippen LogP contribution in [0.3, 0.4) is 0 Å². The van der Waals surface area contributed by atoms with Gasteiger partial charge in [0.05, 0.1) is 17.4 Å². The second-order valence-electron chi connectivity index (χ2n) is 6.17. The largest absolute Gasteiger partial charge is 0.391 e. The molecule has 7 nitrogen and oxygen atoms in total. The van der Waals surface area contributed by atoms with Crippen molar-refractivity contribution >= 4 is 11.7 Å². The van der Waals surface area contributed by atoms with E-state index in [-0.39, 0.29) is 5.92 Å².